The summed E-state index contributed by atoms with van der Waals surface area (Å²) < 4.78 is 5.18. The van der Waals surface area contributed by atoms with Gasteiger partial charge in [0, 0.05) is 19.0 Å². The van der Waals surface area contributed by atoms with Crippen LogP contribution in [0.5, 0.6) is 5.75 Å². The molecule has 1 fully saturated rings. The van der Waals surface area contributed by atoms with Crippen LogP contribution in [0.25, 0.3) is 0 Å². The van der Waals surface area contributed by atoms with Crippen LogP contribution >= 0.6 is 0 Å². The van der Waals surface area contributed by atoms with Crippen LogP contribution in [0.1, 0.15) is 11.5 Å². The highest BCUT2D eigenvalue weighted by Crippen LogP contribution is 2.29. The maximum Gasteiger partial charge on any atom is 0.119 e. The smallest absolute Gasteiger partial charge is 0.119 e. The second-order valence-electron chi connectivity index (χ2n) is 3.78. The molecular formula is C12H14N2O. The number of nitrogens with one attached hydrogen (secondary N) is 1. The lowest BCUT2D eigenvalue weighted by molar-refractivity contribution is 0.413. The Morgan fingerprint density at radius 3 is 3.07 bits per heavy atom. The van der Waals surface area contributed by atoms with E-state index in [1.807, 2.05) is 18.2 Å². The quantitative estimate of drug-likeness (QED) is 0.790. The van der Waals surface area contributed by atoms with Gasteiger partial charge in [-0.15, -0.1) is 0 Å². The van der Waals surface area contributed by atoms with Gasteiger partial charge < -0.3 is 10.1 Å². The van der Waals surface area contributed by atoms with E-state index in [1.165, 1.54) is 5.56 Å². The van der Waals surface area contributed by atoms with E-state index >= 15 is 0 Å². The summed E-state index contributed by atoms with van der Waals surface area (Å²) in [6, 6.07) is 10.3. The first kappa shape index (κ1) is 10.0. The molecule has 1 aliphatic heterocycles. The Bertz CT molecular complexity index is 383. The van der Waals surface area contributed by atoms with Crippen LogP contribution in [-0.2, 0) is 0 Å². The van der Waals surface area contributed by atoms with Crippen LogP contribution < -0.4 is 10.1 Å². The molecule has 0 bridgehead atoms. The molecule has 1 N–H and O–H groups in total. The fraction of sp³-hybridized carbons (Fsp3) is 0.417. The normalized spacial score (nSPS) is 24.8. The van der Waals surface area contributed by atoms with Gasteiger partial charge in [-0.25, -0.2) is 0 Å². The highest BCUT2D eigenvalue weighted by Gasteiger charge is 2.28. The Morgan fingerprint density at radius 1 is 1.47 bits per heavy atom. The number of benzene rings is 1. The van der Waals surface area contributed by atoms with E-state index in [4.69, 9.17) is 10.00 Å². The summed E-state index contributed by atoms with van der Waals surface area (Å²) in [5.74, 6) is 1.23. The van der Waals surface area contributed by atoms with E-state index in [1.54, 1.807) is 7.11 Å². The molecular weight excluding hydrogens is 188 g/mol. The largest absolute Gasteiger partial charge is 0.497 e. The Hall–Kier alpha value is -1.53. The zero-order valence-electron chi connectivity index (χ0n) is 8.73. The first-order valence-electron chi connectivity index (χ1n) is 5.09. The van der Waals surface area contributed by atoms with Crippen molar-refractivity contribution in [2.45, 2.75) is 5.92 Å². The summed E-state index contributed by atoms with van der Waals surface area (Å²) in [5, 5.41) is 12.2. The third-order valence-corrected chi connectivity index (χ3v) is 2.90. The predicted octanol–water partition coefficient (Wildman–Crippen LogP) is 1.52. The van der Waals surface area contributed by atoms with Crippen LogP contribution in [-0.4, -0.2) is 20.2 Å². The maximum atomic E-state index is 9.00. The van der Waals surface area contributed by atoms with E-state index in [2.05, 4.69) is 17.5 Å². The fourth-order valence-corrected chi connectivity index (χ4v) is 2.04. The van der Waals surface area contributed by atoms with Crippen molar-refractivity contribution < 1.29 is 4.74 Å². The third kappa shape index (κ3) is 1.95. The minimum Gasteiger partial charge on any atom is -0.497 e. The first-order valence-corrected chi connectivity index (χ1v) is 5.09. The standard InChI is InChI=1S/C12H14N2O/c1-15-11-4-2-3-9(5-11)12-8-14-7-10(12)6-13/h2-5,10,12,14H,7-8H2,1H3. The summed E-state index contributed by atoms with van der Waals surface area (Å²) in [4.78, 5) is 0. The van der Waals surface area contributed by atoms with Gasteiger partial charge in [0.05, 0.1) is 19.1 Å². The van der Waals surface area contributed by atoms with Crippen molar-refractivity contribution in [2.24, 2.45) is 5.92 Å². The molecule has 0 saturated carbocycles. The Balaban J connectivity index is 2.25. The number of ether oxygens (including phenoxy) is 1. The van der Waals surface area contributed by atoms with E-state index in [0.29, 0.717) is 5.92 Å². The van der Waals surface area contributed by atoms with Crippen LogP contribution in [0.15, 0.2) is 24.3 Å². The molecule has 78 valence electrons. The number of rotatable bonds is 2. The molecule has 0 aliphatic carbocycles. The maximum absolute atomic E-state index is 9.00. The SMILES string of the molecule is COc1cccc(C2CNCC2C#N)c1. The molecule has 1 aliphatic rings. The first-order chi connectivity index (χ1) is 7.35. The molecule has 3 nitrogen and oxygen atoms in total. The number of nitrogens with zero attached hydrogens (tertiary/aromatic N) is 1. The minimum atomic E-state index is 0.0807. The monoisotopic (exact) mass is 202 g/mol. The highest BCUT2D eigenvalue weighted by atomic mass is 16.5. The summed E-state index contributed by atoms with van der Waals surface area (Å²) in [6.45, 7) is 1.67. The van der Waals surface area contributed by atoms with Crippen molar-refractivity contribution in [3.05, 3.63) is 29.8 Å². The average Bonchev–Trinajstić information content (AvgIpc) is 2.77. The zero-order valence-corrected chi connectivity index (χ0v) is 8.73. The van der Waals surface area contributed by atoms with Crippen molar-refractivity contribution in [3.63, 3.8) is 0 Å². The van der Waals surface area contributed by atoms with E-state index in [-0.39, 0.29) is 5.92 Å². The highest BCUT2D eigenvalue weighted by molar-refractivity contribution is 5.33. The molecule has 0 spiro atoms. The van der Waals surface area contributed by atoms with Gasteiger partial charge in [-0.1, -0.05) is 12.1 Å². The van der Waals surface area contributed by atoms with Gasteiger partial charge in [0.1, 0.15) is 5.75 Å². The molecule has 0 amide bonds. The second-order valence-corrected chi connectivity index (χ2v) is 3.78. The number of methoxy groups -OCH3 is 1. The van der Waals surface area contributed by atoms with Crippen molar-refractivity contribution in [1.29, 1.82) is 5.26 Å². The Labute approximate surface area is 89.7 Å². The van der Waals surface area contributed by atoms with Gasteiger partial charge in [-0.05, 0) is 17.7 Å². The molecule has 1 aromatic rings. The van der Waals surface area contributed by atoms with Gasteiger partial charge >= 0.3 is 0 Å². The number of nitriles is 1. The van der Waals surface area contributed by atoms with Crippen LogP contribution in [0.3, 0.4) is 0 Å². The third-order valence-electron chi connectivity index (χ3n) is 2.90. The Kier molecular flexibility index (Phi) is 2.89. The zero-order chi connectivity index (χ0) is 10.7. The minimum absolute atomic E-state index is 0.0807. The molecule has 3 heteroatoms. The van der Waals surface area contributed by atoms with E-state index < -0.39 is 0 Å². The van der Waals surface area contributed by atoms with Crippen LogP contribution in [0.4, 0.5) is 0 Å². The molecule has 1 heterocycles. The molecule has 0 aromatic heterocycles. The van der Waals surface area contributed by atoms with Crippen LogP contribution in [0.2, 0.25) is 0 Å². The van der Waals surface area contributed by atoms with Gasteiger partial charge in [0.25, 0.3) is 0 Å². The summed E-state index contributed by atoms with van der Waals surface area (Å²) >= 11 is 0. The van der Waals surface area contributed by atoms with Gasteiger partial charge in [-0.3, -0.25) is 0 Å². The molecule has 2 atom stereocenters. The number of hydrogen-bond acceptors (Lipinski definition) is 3. The topological polar surface area (TPSA) is 45.0 Å². The van der Waals surface area contributed by atoms with Crippen molar-refractivity contribution >= 4 is 0 Å². The molecule has 1 aromatic carbocycles. The summed E-state index contributed by atoms with van der Waals surface area (Å²) in [5.41, 5.74) is 1.19. The average molecular weight is 202 g/mol. The molecule has 0 radical (unpaired) electrons. The van der Waals surface area contributed by atoms with E-state index in [0.717, 1.165) is 18.8 Å². The van der Waals surface area contributed by atoms with E-state index in [9.17, 15) is 0 Å². The fourth-order valence-electron chi connectivity index (χ4n) is 2.04. The van der Waals surface area contributed by atoms with Crippen LogP contribution in [0, 0.1) is 17.2 Å². The van der Waals surface area contributed by atoms with Crippen molar-refractivity contribution in [3.8, 4) is 11.8 Å². The van der Waals surface area contributed by atoms with Gasteiger partial charge in [0.2, 0.25) is 0 Å². The molecule has 2 rings (SSSR count). The van der Waals surface area contributed by atoms with Crippen molar-refractivity contribution in [1.82, 2.24) is 5.32 Å². The molecule has 15 heavy (non-hydrogen) atoms. The molecule has 1 saturated heterocycles. The second kappa shape index (κ2) is 4.33. The van der Waals surface area contributed by atoms with Gasteiger partial charge in [0.15, 0.2) is 0 Å². The lowest BCUT2D eigenvalue weighted by atomic mass is 9.90. The predicted molar refractivity (Wildman–Crippen MR) is 57.7 cm³/mol. The lowest BCUT2D eigenvalue weighted by Crippen LogP contribution is -2.08. The summed E-state index contributed by atoms with van der Waals surface area (Å²) in [6.07, 6.45) is 0. The lowest BCUT2D eigenvalue weighted by Gasteiger charge is -2.13. The number of hydrogen-bond donors (Lipinski definition) is 1. The van der Waals surface area contributed by atoms with Gasteiger partial charge in [-0.2, -0.15) is 5.26 Å². The van der Waals surface area contributed by atoms with Crippen molar-refractivity contribution in [2.75, 3.05) is 20.2 Å². The molecule has 2 unspecified atom stereocenters. The summed E-state index contributed by atoms with van der Waals surface area (Å²) in [7, 11) is 1.66. The Morgan fingerprint density at radius 2 is 2.33 bits per heavy atom.